The van der Waals surface area contributed by atoms with E-state index in [2.05, 4.69) is 54.5 Å². The first kappa shape index (κ1) is 46.2. The number of allylic oxidation sites excluding steroid dienone is 2. The molecule has 2 unspecified atom stereocenters. The van der Waals surface area contributed by atoms with Crippen molar-refractivity contribution in [3.8, 4) is 0 Å². The molecule has 2 aliphatic heterocycles. The zero-order valence-electron chi connectivity index (χ0n) is 36.1. The van der Waals surface area contributed by atoms with Gasteiger partial charge in [-0.05, 0) is 124 Å². The van der Waals surface area contributed by atoms with E-state index in [1.54, 1.807) is 0 Å². The fourth-order valence-electron chi connectivity index (χ4n) is 13.5. The lowest BCUT2D eigenvalue weighted by atomic mass is 9.35. The van der Waals surface area contributed by atoms with Gasteiger partial charge in [-0.15, -0.1) is 0 Å². The minimum absolute atomic E-state index is 0.00195. The van der Waals surface area contributed by atoms with Crippen LogP contribution in [0.25, 0.3) is 0 Å². The predicted octanol–water partition coefficient (Wildman–Crippen LogP) is 2.72. The molecule has 14 heteroatoms. The molecule has 4 aliphatic carbocycles. The van der Waals surface area contributed by atoms with Gasteiger partial charge < -0.3 is 64.5 Å². The molecule has 4 saturated carbocycles. The Morgan fingerprint density at radius 1 is 0.776 bits per heavy atom. The van der Waals surface area contributed by atoms with Gasteiger partial charge in [-0.25, -0.2) is 0 Å². The van der Waals surface area contributed by atoms with E-state index in [0.29, 0.717) is 19.3 Å². The summed E-state index contributed by atoms with van der Waals surface area (Å²) in [5.74, 6) is -0.252. The van der Waals surface area contributed by atoms with Crippen molar-refractivity contribution in [1.29, 1.82) is 0 Å². The number of hydrogen-bond acceptors (Lipinski definition) is 14. The lowest BCUT2D eigenvalue weighted by Gasteiger charge is -2.70. The molecule has 6 fully saturated rings. The van der Waals surface area contributed by atoms with Gasteiger partial charge in [0, 0.05) is 6.92 Å². The van der Waals surface area contributed by atoms with Crippen LogP contribution in [0.15, 0.2) is 11.6 Å². The lowest BCUT2D eigenvalue weighted by Crippen LogP contribution is -2.68. The normalized spacial score (nSPS) is 49.8. The highest BCUT2D eigenvalue weighted by Gasteiger charge is 2.71. The number of carbonyl (C=O) groups is 1. The SMILES string of the molecule is CC(=O)OC[C@H]1O[C@@H](O[C@H]2[C@H](O[C@H]3CC[C@]4(C)C5C[C@@H](O)C6[C@@H]([C@@](C)(O)CCC=C(C)C)CC[C@@]6(C)[C@]5(C)CC[C@H]4C3(C)C)O[C@H](CO)[C@@H](O)[C@@H]2O)[C@H](O)[C@@H](O)[C@@H]1O. The lowest BCUT2D eigenvalue weighted by molar-refractivity contribution is -0.378. The molecule has 58 heavy (non-hydrogen) atoms. The van der Waals surface area contributed by atoms with Crippen LogP contribution >= 0.6 is 0 Å². The van der Waals surface area contributed by atoms with Gasteiger partial charge in [0.25, 0.3) is 0 Å². The van der Waals surface area contributed by atoms with E-state index in [1.165, 1.54) is 12.5 Å². The summed E-state index contributed by atoms with van der Waals surface area (Å²) in [5.41, 5.74) is -0.480. The molecule has 2 saturated heterocycles. The maximum Gasteiger partial charge on any atom is 0.302 e. The van der Waals surface area contributed by atoms with Gasteiger partial charge in [-0.1, -0.05) is 46.3 Å². The number of ether oxygens (including phenoxy) is 5. The summed E-state index contributed by atoms with van der Waals surface area (Å²) in [6.45, 7) is 17.8. The maximum atomic E-state index is 12.2. The number of carbonyl (C=O) groups excluding carboxylic acids is 1. The molecule has 0 radical (unpaired) electrons. The summed E-state index contributed by atoms with van der Waals surface area (Å²) in [7, 11) is 0. The van der Waals surface area contributed by atoms with E-state index in [9.17, 15) is 45.6 Å². The van der Waals surface area contributed by atoms with E-state index in [1.807, 2.05) is 6.92 Å². The average molecular weight is 827 g/mol. The van der Waals surface area contributed by atoms with Crippen molar-refractivity contribution in [1.82, 2.24) is 0 Å². The van der Waals surface area contributed by atoms with Gasteiger partial charge in [-0.2, -0.15) is 0 Å². The third-order valence-electron chi connectivity index (χ3n) is 16.9. The molecule has 6 rings (SSSR count). The highest BCUT2D eigenvalue weighted by Crippen LogP contribution is 2.76. The summed E-state index contributed by atoms with van der Waals surface area (Å²) in [6.07, 6.45) is -6.89. The predicted molar refractivity (Wildman–Crippen MR) is 210 cm³/mol. The first-order chi connectivity index (χ1) is 26.9. The number of esters is 1. The third-order valence-corrected chi connectivity index (χ3v) is 16.9. The Morgan fingerprint density at radius 2 is 1.41 bits per heavy atom. The molecule has 0 amide bonds. The van der Waals surface area contributed by atoms with Crippen LogP contribution in [0, 0.1) is 45.3 Å². The van der Waals surface area contributed by atoms with Crippen molar-refractivity contribution >= 4 is 5.97 Å². The number of hydrogen-bond donors (Lipinski definition) is 8. The monoisotopic (exact) mass is 827 g/mol. The van der Waals surface area contributed by atoms with Crippen LogP contribution < -0.4 is 0 Å². The van der Waals surface area contributed by atoms with Gasteiger partial charge in [-0.3, -0.25) is 4.79 Å². The minimum atomic E-state index is -1.79. The molecule has 0 aromatic rings. The van der Waals surface area contributed by atoms with Crippen LogP contribution in [-0.2, 0) is 28.5 Å². The van der Waals surface area contributed by atoms with Crippen LogP contribution in [0.3, 0.4) is 0 Å². The Labute approximate surface area is 344 Å². The van der Waals surface area contributed by atoms with Crippen LogP contribution in [0.4, 0.5) is 0 Å². The van der Waals surface area contributed by atoms with Crippen LogP contribution in [-0.4, -0.2) is 139 Å². The largest absolute Gasteiger partial charge is 0.463 e. The molecular weight excluding hydrogens is 752 g/mol. The fraction of sp³-hybridized carbons (Fsp3) is 0.932. The van der Waals surface area contributed by atoms with Crippen molar-refractivity contribution in [2.24, 2.45) is 45.3 Å². The molecule has 0 bridgehead atoms. The summed E-state index contributed by atoms with van der Waals surface area (Å²) in [6, 6.07) is 0. The standard InChI is InChI=1S/C44H74O14/c1-22(2)11-10-15-44(9,53)24-12-17-43(8)31(24)25(47)19-29-41(6)16-14-30(40(4,5)28(41)13-18-42(29,43)7)57-39-37(35(51)32(48)26(20-45)55-39)58-38-36(52)34(50)33(49)27(56-38)21-54-23(3)46/h11,24-39,45,47-53H,10,12-21H2,1-9H3/t24-,25+,26+,27+,28-,29?,30-,31?,32+,33+,34-,35-,36+,37+,38-,39-,41-,42+,43+,44-/m0/s1. The highest BCUT2D eigenvalue weighted by atomic mass is 16.8. The zero-order valence-corrected chi connectivity index (χ0v) is 36.1. The number of rotatable bonds is 11. The highest BCUT2D eigenvalue weighted by molar-refractivity contribution is 5.65. The van der Waals surface area contributed by atoms with E-state index < -0.39 is 104 Å². The average Bonchev–Trinajstić information content (AvgIpc) is 3.53. The number of aliphatic hydroxyl groups is 8. The Kier molecular flexibility index (Phi) is 13.4. The van der Waals surface area contributed by atoms with Gasteiger partial charge >= 0.3 is 5.97 Å². The minimum Gasteiger partial charge on any atom is -0.463 e. The second kappa shape index (κ2) is 16.8. The Balaban J connectivity index is 1.22. The fourth-order valence-corrected chi connectivity index (χ4v) is 13.5. The molecule has 8 N–H and O–H groups in total. The van der Waals surface area contributed by atoms with E-state index in [-0.39, 0.29) is 39.9 Å². The summed E-state index contributed by atoms with van der Waals surface area (Å²) in [5, 5.41) is 88.6. The maximum absolute atomic E-state index is 12.2. The summed E-state index contributed by atoms with van der Waals surface area (Å²) >= 11 is 0. The Hall–Kier alpha value is -1.27. The van der Waals surface area contributed by atoms with Crippen molar-refractivity contribution in [2.45, 2.75) is 199 Å². The first-order valence-electron chi connectivity index (χ1n) is 21.7. The van der Waals surface area contributed by atoms with Crippen molar-refractivity contribution in [3.05, 3.63) is 11.6 Å². The van der Waals surface area contributed by atoms with E-state index in [0.717, 1.165) is 38.5 Å². The Bertz CT molecular complexity index is 1480. The quantitative estimate of drug-likeness (QED) is 0.0853. The van der Waals surface area contributed by atoms with Crippen LogP contribution in [0.2, 0.25) is 0 Å². The third kappa shape index (κ3) is 7.87. The molecule has 0 spiro atoms. The first-order valence-corrected chi connectivity index (χ1v) is 21.7. The van der Waals surface area contributed by atoms with Crippen molar-refractivity contribution in [3.63, 3.8) is 0 Å². The molecule has 2 heterocycles. The van der Waals surface area contributed by atoms with Gasteiger partial charge in [0.1, 0.15) is 55.4 Å². The van der Waals surface area contributed by atoms with Crippen LogP contribution in [0.1, 0.15) is 120 Å². The van der Waals surface area contributed by atoms with Gasteiger partial charge in [0.2, 0.25) is 0 Å². The molecule has 334 valence electrons. The number of fused-ring (bicyclic) bond motifs is 5. The van der Waals surface area contributed by atoms with Crippen molar-refractivity contribution in [2.75, 3.05) is 13.2 Å². The van der Waals surface area contributed by atoms with Gasteiger partial charge in [0.15, 0.2) is 12.6 Å². The van der Waals surface area contributed by atoms with E-state index >= 15 is 0 Å². The topological polar surface area (TPSA) is 225 Å². The van der Waals surface area contributed by atoms with Crippen molar-refractivity contribution < 1.29 is 69.3 Å². The second-order valence-corrected chi connectivity index (χ2v) is 20.7. The Morgan fingerprint density at radius 3 is 2.05 bits per heavy atom. The molecule has 6 aliphatic rings. The molecule has 0 aromatic heterocycles. The second-order valence-electron chi connectivity index (χ2n) is 20.7. The zero-order chi connectivity index (χ0) is 42.9. The summed E-state index contributed by atoms with van der Waals surface area (Å²) < 4.78 is 29.6. The molecule has 20 atom stereocenters. The molecular formula is C44H74O14. The number of aliphatic hydroxyl groups excluding tert-OH is 7. The van der Waals surface area contributed by atoms with Crippen LogP contribution in [0.5, 0.6) is 0 Å². The molecule has 14 nitrogen and oxygen atoms in total. The smallest absolute Gasteiger partial charge is 0.302 e. The van der Waals surface area contributed by atoms with E-state index in [4.69, 9.17) is 23.7 Å². The summed E-state index contributed by atoms with van der Waals surface area (Å²) in [4.78, 5) is 11.5. The molecule has 0 aromatic carbocycles. The van der Waals surface area contributed by atoms with Gasteiger partial charge in [0.05, 0.1) is 24.4 Å².